The highest BCUT2D eigenvalue weighted by Gasteiger charge is 2.18. The van der Waals surface area contributed by atoms with Gasteiger partial charge < -0.3 is 5.73 Å². The first-order chi connectivity index (χ1) is 9.03. The molecule has 9 heteroatoms. The fourth-order valence-corrected chi connectivity index (χ4v) is 4.09. The van der Waals surface area contributed by atoms with E-state index >= 15 is 0 Å². The number of aromatic amines is 1. The van der Waals surface area contributed by atoms with E-state index in [0.717, 1.165) is 10.4 Å². The van der Waals surface area contributed by atoms with Gasteiger partial charge in [0.15, 0.2) is 0 Å². The predicted molar refractivity (Wildman–Crippen MR) is 72.2 cm³/mol. The Balaban J connectivity index is 2.01. The van der Waals surface area contributed by atoms with E-state index in [-0.39, 0.29) is 6.54 Å². The van der Waals surface area contributed by atoms with Crippen LogP contribution in [0.2, 0.25) is 0 Å². The highest BCUT2D eigenvalue weighted by Crippen LogP contribution is 2.25. The highest BCUT2D eigenvalue weighted by molar-refractivity contribution is 7.91. The van der Waals surface area contributed by atoms with Crippen LogP contribution in [-0.2, 0) is 23.0 Å². The summed E-state index contributed by atoms with van der Waals surface area (Å²) in [5.41, 5.74) is 6.45. The Kier molecular flexibility index (Phi) is 4.30. The number of hydrogen-bond donors (Lipinski definition) is 3. The van der Waals surface area contributed by atoms with Crippen molar-refractivity contribution < 1.29 is 8.42 Å². The van der Waals surface area contributed by atoms with E-state index in [9.17, 15) is 8.42 Å². The summed E-state index contributed by atoms with van der Waals surface area (Å²) in [5, 5.41) is 6.37. The lowest BCUT2D eigenvalue weighted by Crippen LogP contribution is -2.25. The molecule has 2 heterocycles. The van der Waals surface area contributed by atoms with Crippen molar-refractivity contribution in [3.05, 3.63) is 28.7 Å². The van der Waals surface area contributed by atoms with Gasteiger partial charge in [0.05, 0.1) is 0 Å². The summed E-state index contributed by atoms with van der Waals surface area (Å²) >= 11 is 1.20. The van der Waals surface area contributed by atoms with Crippen molar-refractivity contribution in [2.45, 2.75) is 24.1 Å². The molecule has 0 atom stereocenters. The molecule has 0 unspecified atom stereocenters. The summed E-state index contributed by atoms with van der Waals surface area (Å²) in [4.78, 5) is 4.81. The van der Waals surface area contributed by atoms with Gasteiger partial charge >= 0.3 is 0 Å². The van der Waals surface area contributed by atoms with Crippen molar-refractivity contribution in [2.24, 2.45) is 5.73 Å². The first kappa shape index (κ1) is 14.1. The second-order valence-corrected chi connectivity index (χ2v) is 7.09. The minimum Gasteiger partial charge on any atom is -0.326 e. The minimum atomic E-state index is -3.47. The molecule has 7 nitrogen and oxygen atoms in total. The third-order valence-electron chi connectivity index (χ3n) is 2.57. The number of hydrogen-bond acceptors (Lipinski definition) is 6. The molecule has 0 aromatic carbocycles. The van der Waals surface area contributed by atoms with Crippen LogP contribution in [0.15, 0.2) is 16.6 Å². The fraction of sp³-hybridized carbons (Fsp3) is 0.400. The Labute approximate surface area is 115 Å². The van der Waals surface area contributed by atoms with Crippen LogP contribution in [0.4, 0.5) is 0 Å². The first-order valence-electron chi connectivity index (χ1n) is 5.66. The van der Waals surface area contributed by atoms with E-state index in [1.165, 1.54) is 17.7 Å². The summed E-state index contributed by atoms with van der Waals surface area (Å²) in [7, 11) is -3.47. The number of aryl methyl sites for hydroxylation is 1. The van der Waals surface area contributed by atoms with Crippen LogP contribution in [0, 0.1) is 6.92 Å². The van der Waals surface area contributed by atoms with Crippen molar-refractivity contribution in [3.63, 3.8) is 0 Å². The molecule has 0 spiro atoms. The molecule has 104 valence electrons. The molecule has 2 aromatic rings. The van der Waals surface area contributed by atoms with Gasteiger partial charge in [0.2, 0.25) is 10.0 Å². The van der Waals surface area contributed by atoms with Gasteiger partial charge in [-0.05, 0) is 18.6 Å². The van der Waals surface area contributed by atoms with E-state index in [1.807, 2.05) is 6.92 Å². The van der Waals surface area contributed by atoms with Crippen LogP contribution in [0.25, 0.3) is 0 Å². The van der Waals surface area contributed by atoms with Gasteiger partial charge in [-0.15, -0.1) is 11.3 Å². The van der Waals surface area contributed by atoms with E-state index < -0.39 is 10.0 Å². The predicted octanol–water partition coefficient (Wildman–Crippen LogP) is 0.154. The maximum atomic E-state index is 12.1. The van der Waals surface area contributed by atoms with Crippen LogP contribution in [0.3, 0.4) is 0 Å². The second-order valence-electron chi connectivity index (χ2n) is 3.96. The fourth-order valence-electron chi connectivity index (χ4n) is 1.55. The lowest BCUT2D eigenvalue weighted by Gasteiger charge is -2.02. The molecular formula is C10H15N5O2S2. The number of sulfonamides is 1. The number of rotatable bonds is 6. The molecule has 0 fully saturated rings. The van der Waals surface area contributed by atoms with Crippen LogP contribution >= 0.6 is 11.3 Å². The molecule has 2 rings (SSSR count). The molecule has 0 aliphatic heterocycles. The number of thiophene rings is 1. The average molecular weight is 301 g/mol. The van der Waals surface area contributed by atoms with Crippen LogP contribution in [-0.4, -0.2) is 30.1 Å². The summed E-state index contributed by atoms with van der Waals surface area (Å²) < 4.78 is 26.9. The average Bonchev–Trinajstić information content (AvgIpc) is 2.98. The number of H-pyrrole nitrogens is 1. The largest absolute Gasteiger partial charge is 0.326 e. The maximum absolute atomic E-state index is 12.1. The molecule has 4 N–H and O–H groups in total. The molecule has 0 radical (unpaired) electrons. The summed E-state index contributed by atoms with van der Waals surface area (Å²) in [6, 6.07) is 1.64. The van der Waals surface area contributed by atoms with Crippen molar-refractivity contribution >= 4 is 21.4 Å². The monoisotopic (exact) mass is 301 g/mol. The van der Waals surface area contributed by atoms with E-state index in [0.29, 0.717) is 23.0 Å². The molecular weight excluding hydrogens is 286 g/mol. The van der Waals surface area contributed by atoms with E-state index in [2.05, 4.69) is 19.9 Å². The molecule has 0 aliphatic carbocycles. The van der Waals surface area contributed by atoms with Crippen LogP contribution in [0.1, 0.15) is 16.3 Å². The molecule has 19 heavy (non-hydrogen) atoms. The standard InChI is InChI=1S/C10H15N5O2S2/c1-7-4-10(18-8(7)5-11)19(16,17)14-3-2-9-12-6-13-15-9/h4,6,14H,2-3,5,11H2,1H3,(H,12,13,15). The van der Waals surface area contributed by atoms with Crippen molar-refractivity contribution in [2.75, 3.05) is 6.54 Å². The number of nitrogens with zero attached hydrogens (tertiary/aromatic N) is 2. The summed E-state index contributed by atoms with van der Waals surface area (Å²) in [6.07, 6.45) is 1.85. The first-order valence-corrected chi connectivity index (χ1v) is 7.96. The zero-order chi connectivity index (χ0) is 13.9. The zero-order valence-corrected chi connectivity index (χ0v) is 12.0. The van der Waals surface area contributed by atoms with Gasteiger partial charge in [-0.2, -0.15) is 5.10 Å². The van der Waals surface area contributed by atoms with Gasteiger partial charge in [-0.25, -0.2) is 18.1 Å². The van der Waals surface area contributed by atoms with Crippen molar-refractivity contribution in [1.82, 2.24) is 19.9 Å². The molecule has 2 aromatic heterocycles. The molecule has 0 saturated heterocycles. The second kappa shape index (κ2) is 5.78. The Bertz CT molecular complexity index is 633. The lowest BCUT2D eigenvalue weighted by molar-refractivity contribution is 0.583. The normalized spacial score (nSPS) is 11.9. The highest BCUT2D eigenvalue weighted by atomic mass is 32.2. The minimum absolute atomic E-state index is 0.270. The zero-order valence-electron chi connectivity index (χ0n) is 10.4. The van der Waals surface area contributed by atoms with Gasteiger partial charge in [-0.1, -0.05) is 0 Å². The van der Waals surface area contributed by atoms with Gasteiger partial charge in [-0.3, -0.25) is 5.10 Å². The van der Waals surface area contributed by atoms with Gasteiger partial charge in [0.25, 0.3) is 0 Å². The topological polar surface area (TPSA) is 114 Å². The van der Waals surface area contributed by atoms with Crippen molar-refractivity contribution in [1.29, 1.82) is 0 Å². The Morgan fingerprint density at radius 1 is 1.53 bits per heavy atom. The maximum Gasteiger partial charge on any atom is 0.250 e. The Morgan fingerprint density at radius 2 is 2.32 bits per heavy atom. The SMILES string of the molecule is Cc1cc(S(=O)(=O)NCCc2ncn[nH]2)sc1CN. The summed E-state index contributed by atoms with van der Waals surface area (Å²) in [6.45, 7) is 2.47. The summed E-state index contributed by atoms with van der Waals surface area (Å²) in [5.74, 6) is 0.646. The van der Waals surface area contributed by atoms with Crippen molar-refractivity contribution in [3.8, 4) is 0 Å². The smallest absolute Gasteiger partial charge is 0.250 e. The van der Waals surface area contributed by atoms with Gasteiger partial charge in [0, 0.05) is 24.4 Å². The lowest BCUT2D eigenvalue weighted by atomic mass is 10.3. The quantitative estimate of drug-likeness (QED) is 0.703. The number of nitrogens with one attached hydrogen (secondary N) is 2. The molecule has 0 amide bonds. The molecule has 0 saturated carbocycles. The third-order valence-corrected chi connectivity index (χ3v) is 5.76. The molecule has 0 aliphatic rings. The van der Waals surface area contributed by atoms with Gasteiger partial charge in [0.1, 0.15) is 16.4 Å². The van der Waals surface area contributed by atoms with Crippen LogP contribution in [0.5, 0.6) is 0 Å². The van der Waals surface area contributed by atoms with E-state index in [1.54, 1.807) is 6.07 Å². The Hall–Kier alpha value is -1.29. The number of nitrogens with two attached hydrogens (primary N) is 1. The molecule has 0 bridgehead atoms. The van der Waals surface area contributed by atoms with E-state index in [4.69, 9.17) is 5.73 Å². The third kappa shape index (κ3) is 3.38. The Morgan fingerprint density at radius 3 is 2.89 bits per heavy atom. The van der Waals surface area contributed by atoms with Crippen LogP contribution < -0.4 is 10.5 Å². The number of aromatic nitrogens is 3.